The number of β-amino-alcohol motifs (C(OH)–C–C–N with tert-alkyl or cyclic N) is 1. The zero-order valence-electron chi connectivity index (χ0n) is 16.5. The Morgan fingerprint density at radius 1 is 1.36 bits per heavy atom. The van der Waals surface area contributed by atoms with Crippen LogP contribution in [0.15, 0.2) is 18.2 Å². The predicted octanol–water partition coefficient (Wildman–Crippen LogP) is 0.499. The Bertz CT molecular complexity index is 836. The Kier molecular flexibility index (Phi) is 6.15. The lowest BCUT2D eigenvalue weighted by atomic mass is 10.1. The van der Waals surface area contributed by atoms with Gasteiger partial charge in [0.25, 0.3) is 0 Å². The third-order valence-corrected chi connectivity index (χ3v) is 4.76. The smallest absolute Gasteiger partial charge is 0.244 e. The highest BCUT2D eigenvalue weighted by molar-refractivity contribution is 5.76. The van der Waals surface area contributed by atoms with E-state index in [2.05, 4.69) is 10.1 Å². The number of aromatic nitrogens is 3. The van der Waals surface area contributed by atoms with Crippen LogP contribution in [0.4, 0.5) is 0 Å². The summed E-state index contributed by atoms with van der Waals surface area (Å²) >= 11 is 0. The third kappa shape index (κ3) is 4.42. The maximum Gasteiger partial charge on any atom is 0.244 e. The number of aliphatic hydroxyl groups excluding tert-OH is 1. The van der Waals surface area contributed by atoms with Crippen LogP contribution in [-0.4, -0.2) is 64.1 Å². The van der Waals surface area contributed by atoms with E-state index in [4.69, 9.17) is 15.2 Å². The standard InChI is InChI=1S/C19H27N5O4/c1-12(20)19-21-17(9-13-4-5-15(27-2)16(8-13)28-3)22-24(19)11-18(26)23-7-6-14(25)10-23/h4-5,8,12,14,25H,6-7,9-11,20H2,1-3H3. The predicted molar refractivity (Wildman–Crippen MR) is 102 cm³/mol. The van der Waals surface area contributed by atoms with Crippen molar-refractivity contribution in [3.05, 3.63) is 35.4 Å². The lowest BCUT2D eigenvalue weighted by molar-refractivity contribution is -0.131. The van der Waals surface area contributed by atoms with Crippen LogP contribution in [0.2, 0.25) is 0 Å². The third-order valence-electron chi connectivity index (χ3n) is 4.76. The fraction of sp³-hybridized carbons (Fsp3) is 0.526. The van der Waals surface area contributed by atoms with E-state index in [1.165, 1.54) is 0 Å². The maximum atomic E-state index is 12.5. The van der Waals surface area contributed by atoms with Crippen molar-refractivity contribution < 1.29 is 19.4 Å². The van der Waals surface area contributed by atoms with Gasteiger partial charge in [0.2, 0.25) is 5.91 Å². The van der Waals surface area contributed by atoms with Gasteiger partial charge in [-0.05, 0) is 31.0 Å². The van der Waals surface area contributed by atoms with Gasteiger partial charge < -0.3 is 25.2 Å². The highest BCUT2D eigenvalue weighted by Crippen LogP contribution is 2.28. The number of aliphatic hydroxyl groups is 1. The quantitative estimate of drug-likeness (QED) is 0.708. The minimum Gasteiger partial charge on any atom is -0.493 e. The largest absolute Gasteiger partial charge is 0.493 e. The number of carbonyl (C=O) groups excluding carboxylic acids is 1. The number of amides is 1. The molecule has 0 bridgehead atoms. The Morgan fingerprint density at radius 3 is 2.71 bits per heavy atom. The molecule has 2 atom stereocenters. The first-order valence-corrected chi connectivity index (χ1v) is 9.27. The van der Waals surface area contributed by atoms with Crippen molar-refractivity contribution in [2.24, 2.45) is 5.73 Å². The molecule has 2 unspecified atom stereocenters. The van der Waals surface area contributed by atoms with Crippen LogP contribution in [0, 0.1) is 0 Å². The Balaban J connectivity index is 1.78. The minimum atomic E-state index is -0.451. The molecule has 3 rings (SSSR count). The molecular weight excluding hydrogens is 362 g/mol. The van der Waals surface area contributed by atoms with Gasteiger partial charge in [-0.2, -0.15) is 5.10 Å². The molecule has 9 heteroatoms. The fourth-order valence-electron chi connectivity index (χ4n) is 3.30. The number of likely N-dealkylation sites (tertiary alicyclic amines) is 1. The van der Waals surface area contributed by atoms with Gasteiger partial charge in [0.1, 0.15) is 12.4 Å². The monoisotopic (exact) mass is 389 g/mol. The zero-order valence-corrected chi connectivity index (χ0v) is 16.5. The molecule has 1 saturated heterocycles. The van der Waals surface area contributed by atoms with Gasteiger partial charge in [0.05, 0.1) is 26.4 Å². The van der Waals surface area contributed by atoms with Crippen LogP contribution in [0.5, 0.6) is 11.5 Å². The van der Waals surface area contributed by atoms with E-state index < -0.39 is 6.10 Å². The molecule has 3 N–H and O–H groups in total. The SMILES string of the molecule is COc1ccc(Cc2nc(C(C)N)n(CC(=O)N3CCC(O)C3)n2)cc1OC. The average Bonchev–Trinajstić information content (AvgIpc) is 3.28. The number of benzene rings is 1. The van der Waals surface area contributed by atoms with Gasteiger partial charge in [0.15, 0.2) is 17.3 Å². The Morgan fingerprint density at radius 2 is 2.11 bits per heavy atom. The molecule has 1 aliphatic rings. The van der Waals surface area contributed by atoms with E-state index in [0.29, 0.717) is 49.1 Å². The number of carbonyl (C=O) groups is 1. The first-order chi connectivity index (χ1) is 13.4. The molecule has 1 fully saturated rings. The lowest BCUT2D eigenvalue weighted by Crippen LogP contribution is -2.33. The van der Waals surface area contributed by atoms with E-state index in [0.717, 1.165) is 5.56 Å². The van der Waals surface area contributed by atoms with Crippen molar-refractivity contribution in [2.45, 2.75) is 38.5 Å². The van der Waals surface area contributed by atoms with E-state index in [1.54, 1.807) is 23.8 Å². The van der Waals surface area contributed by atoms with E-state index in [1.807, 2.05) is 25.1 Å². The first-order valence-electron chi connectivity index (χ1n) is 9.27. The van der Waals surface area contributed by atoms with Crippen LogP contribution in [0.1, 0.15) is 36.6 Å². The summed E-state index contributed by atoms with van der Waals surface area (Å²) in [5, 5.41) is 14.1. The number of hydrogen-bond acceptors (Lipinski definition) is 7. The summed E-state index contributed by atoms with van der Waals surface area (Å²) in [4.78, 5) is 18.7. The van der Waals surface area contributed by atoms with Crippen molar-refractivity contribution in [2.75, 3.05) is 27.3 Å². The molecule has 2 aromatic rings. The highest BCUT2D eigenvalue weighted by atomic mass is 16.5. The minimum absolute atomic E-state index is 0.0581. The second kappa shape index (κ2) is 8.57. The van der Waals surface area contributed by atoms with Gasteiger partial charge >= 0.3 is 0 Å². The van der Waals surface area contributed by atoms with Crippen LogP contribution in [0.25, 0.3) is 0 Å². The summed E-state index contributed by atoms with van der Waals surface area (Å²) in [6, 6.07) is 5.27. The molecule has 1 aromatic heterocycles. The van der Waals surface area contributed by atoms with Crippen molar-refractivity contribution in [1.29, 1.82) is 0 Å². The van der Waals surface area contributed by atoms with E-state index in [-0.39, 0.29) is 18.5 Å². The molecule has 9 nitrogen and oxygen atoms in total. The molecule has 0 radical (unpaired) electrons. The molecular formula is C19H27N5O4. The van der Waals surface area contributed by atoms with Crippen LogP contribution in [-0.2, 0) is 17.8 Å². The van der Waals surface area contributed by atoms with Gasteiger partial charge in [-0.25, -0.2) is 9.67 Å². The summed E-state index contributed by atoms with van der Waals surface area (Å²) in [7, 11) is 3.18. The topological polar surface area (TPSA) is 116 Å². The maximum absolute atomic E-state index is 12.5. The number of nitrogens with zero attached hydrogens (tertiary/aromatic N) is 4. The molecule has 1 aliphatic heterocycles. The Hall–Kier alpha value is -2.65. The molecule has 0 aliphatic carbocycles. The van der Waals surface area contributed by atoms with Crippen molar-refractivity contribution >= 4 is 5.91 Å². The summed E-state index contributed by atoms with van der Waals surface area (Å²) in [6.45, 7) is 2.79. The summed E-state index contributed by atoms with van der Waals surface area (Å²) in [6.07, 6.45) is 0.630. The molecule has 1 amide bonds. The molecule has 0 saturated carbocycles. The zero-order chi connectivity index (χ0) is 20.3. The van der Waals surface area contributed by atoms with E-state index >= 15 is 0 Å². The molecule has 152 valence electrons. The summed E-state index contributed by atoms with van der Waals surface area (Å²) in [5.74, 6) is 2.33. The number of rotatable bonds is 7. The molecule has 28 heavy (non-hydrogen) atoms. The summed E-state index contributed by atoms with van der Waals surface area (Å²) < 4.78 is 12.2. The number of methoxy groups -OCH3 is 2. The molecule has 2 heterocycles. The normalized spacial score (nSPS) is 17.6. The van der Waals surface area contributed by atoms with Crippen molar-refractivity contribution in [3.63, 3.8) is 0 Å². The number of nitrogens with two attached hydrogens (primary N) is 1. The lowest BCUT2D eigenvalue weighted by Gasteiger charge is -2.16. The molecule has 0 spiro atoms. The highest BCUT2D eigenvalue weighted by Gasteiger charge is 2.26. The van der Waals surface area contributed by atoms with Crippen LogP contribution >= 0.6 is 0 Å². The Labute approximate surface area is 164 Å². The van der Waals surface area contributed by atoms with Crippen molar-refractivity contribution in [3.8, 4) is 11.5 Å². The second-order valence-corrected chi connectivity index (χ2v) is 6.98. The van der Waals surface area contributed by atoms with Crippen LogP contribution < -0.4 is 15.2 Å². The summed E-state index contributed by atoms with van der Waals surface area (Å²) in [5.41, 5.74) is 6.99. The van der Waals surface area contributed by atoms with Gasteiger partial charge in [-0.15, -0.1) is 0 Å². The number of hydrogen-bond donors (Lipinski definition) is 2. The average molecular weight is 389 g/mol. The van der Waals surface area contributed by atoms with Crippen molar-refractivity contribution in [1.82, 2.24) is 19.7 Å². The second-order valence-electron chi connectivity index (χ2n) is 6.98. The first kappa shape index (κ1) is 20.1. The fourth-order valence-corrected chi connectivity index (χ4v) is 3.30. The van der Waals surface area contributed by atoms with Gasteiger partial charge in [0, 0.05) is 19.5 Å². The molecule has 1 aromatic carbocycles. The van der Waals surface area contributed by atoms with Gasteiger partial charge in [-0.3, -0.25) is 4.79 Å². The van der Waals surface area contributed by atoms with Crippen LogP contribution in [0.3, 0.4) is 0 Å². The van der Waals surface area contributed by atoms with E-state index in [9.17, 15) is 9.90 Å². The number of ether oxygens (including phenoxy) is 2. The van der Waals surface area contributed by atoms with Gasteiger partial charge in [-0.1, -0.05) is 6.07 Å².